The van der Waals surface area contributed by atoms with Crippen LogP contribution in [0.3, 0.4) is 0 Å². The van der Waals surface area contributed by atoms with Crippen LogP contribution in [0.1, 0.15) is 348 Å². The number of nitrogens with one attached hydrogen (secondary N) is 1. The second-order valence-corrected chi connectivity index (χ2v) is 21.8. The smallest absolute Gasteiger partial charge is 0.306 e. The van der Waals surface area contributed by atoms with Gasteiger partial charge < -0.3 is 20.3 Å². The number of hydrogen-bond acceptors (Lipinski definition) is 5. The topological polar surface area (TPSA) is 95.9 Å². The number of amides is 1. The van der Waals surface area contributed by atoms with Crippen LogP contribution in [-0.2, 0) is 14.3 Å². The highest BCUT2D eigenvalue weighted by atomic mass is 16.5. The molecule has 0 aliphatic rings. The van der Waals surface area contributed by atoms with Crippen LogP contribution in [0.15, 0.2) is 24.3 Å². The molecular formula is C64H123NO5. The van der Waals surface area contributed by atoms with Gasteiger partial charge in [0, 0.05) is 6.42 Å². The van der Waals surface area contributed by atoms with Crippen LogP contribution in [0.4, 0.5) is 0 Å². The molecule has 70 heavy (non-hydrogen) atoms. The summed E-state index contributed by atoms with van der Waals surface area (Å²) in [6, 6.07) is -0.699. The van der Waals surface area contributed by atoms with E-state index >= 15 is 0 Å². The number of ether oxygens (including phenoxy) is 1. The Hall–Kier alpha value is -1.66. The molecule has 0 rings (SSSR count). The van der Waals surface area contributed by atoms with Crippen LogP contribution >= 0.6 is 0 Å². The van der Waals surface area contributed by atoms with Gasteiger partial charge >= 0.3 is 5.97 Å². The molecule has 0 saturated heterocycles. The van der Waals surface area contributed by atoms with Crippen LogP contribution in [0.25, 0.3) is 0 Å². The highest BCUT2D eigenvalue weighted by Crippen LogP contribution is 2.19. The Balaban J connectivity index is 4.49. The molecule has 3 N–H and O–H groups in total. The van der Waals surface area contributed by atoms with Gasteiger partial charge in [0.25, 0.3) is 0 Å². The summed E-state index contributed by atoms with van der Waals surface area (Å²) in [4.78, 5) is 26.4. The van der Waals surface area contributed by atoms with E-state index in [-0.39, 0.29) is 24.9 Å². The fourth-order valence-electron chi connectivity index (χ4n) is 9.99. The summed E-state index contributed by atoms with van der Waals surface area (Å²) in [5, 5.41) is 24.0. The van der Waals surface area contributed by atoms with E-state index in [2.05, 4.69) is 50.4 Å². The van der Waals surface area contributed by atoms with Crippen molar-refractivity contribution in [2.75, 3.05) is 6.61 Å². The van der Waals surface area contributed by atoms with E-state index in [1.807, 2.05) is 0 Å². The minimum Gasteiger partial charge on any atom is -0.462 e. The van der Waals surface area contributed by atoms with E-state index in [0.29, 0.717) is 19.3 Å². The Kier molecular flexibility index (Phi) is 56.9. The molecule has 414 valence electrons. The number of aliphatic hydroxyl groups is 2. The first kappa shape index (κ1) is 68.3. The Morgan fingerprint density at radius 3 is 1.11 bits per heavy atom. The molecule has 0 aliphatic carbocycles. The first-order valence-corrected chi connectivity index (χ1v) is 31.6. The maximum absolute atomic E-state index is 13.3. The van der Waals surface area contributed by atoms with Gasteiger partial charge in [-0.2, -0.15) is 0 Å². The number of carbonyl (C=O) groups excluding carboxylic acids is 2. The monoisotopic (exact) mass is 986 g/mol. The maximum Gasteiger partial charge on any atom is 0.306 e. The van der Waals surface area contributed by atoms with Gasteiger partial charge in [-0.15, -0.1) is 0 Å². The summed E-state index contributed by atoms with van der Waals surface area (Å²) in [5.74, 6) is -0.453. The molecule has 0 aromatic heterocycles. The minimum atomic E-state index is -0.785. The van der Waals surface area contributed by atoms with Crippen molar-refractivity contribution in [1.82, 2.24) is 5.32 Å². The molecule has 0 aromatic rings. The van der Waals surface area contributed by atoms with Gasteiger partial charge in [0.1, 0.15) is 6.10 Å². The zero-order valence-corrected chi connectivity index (χ0v) is 47.4. The van der Waals surface area contributed by atoms with Gasteiger partial charge in [-0.05, 0) is 57.8 Å². The van der Waals surface area contributed by atoms with Crippen molar-refractivity contribution in [3.8, 4) is 0 Å². The highest BCUT2D eigenvalue weighted by Gasteiger charge is 2.24. The number of esters is 1. The third-order valence-corrected chi connectivity index (χ3v) is 14.8. The number of aliphatic hydroxyl groups excluding tert-OH is 2. The normalized spacial score (nSPS) is 13.2. The van der Waals surface area contributed by atoms with Crippen LogP contribution < -0.4 is 5.32 Å². The van der Waals surface area contributed by atoms with Crippen molar-refractivity contribution in [2.45, 2.75) is 366 Å². The Morgan fingerprint density at radius 2 is 0.729 bits per heavy atom. The van der Waals surface area contributed by atoms with Crippen molar-refractivity contribution in [3.05, 3.63) is 24.3 Å². The van der Waals surface area contributed by atoms with Gasteiger partial charge in [-0.25, -0.2) is 0 Å². The molecule has 6 heteroatoms. The van der Waals surface area contributed by atoms with Crippen LogP contribution in [0.2, 0.25) is 0 Å². The first-order chi connectivity index (χ1) is 34.5. The molecule has 0 heterocycles. The van der Waals surface area contributed by atoms with E-state index in [0.717, 1.165) is 51.4 Å². The number of hydrogen-bond donors (Lipinski definition) is 3. The van der Waals surface area contributed by atoms with Crippen molar-refractivity contribution >= 4 is 11.9 Å². The van der Waals surface area contributed by atoms with E-state index in [4.69, 9.17) is 4.74 Å². The van der Waals surface area contributed by atoms with Gasteiger partial charge in [0.2, 0.25) is 5.91 Å². The van der Waals surface area contributed by atoms with E-state index < -0.39 is 18.2 Å². The molecule has 1 amide bonds. The van der Waals surface area contributed by atoms with E-state index in [1.165, 1.54) is 250 Å². The predicted molar refractivity (Wildman–Crippen MR) is 306 cm³/mol. The number of carbonyl (C=O) groups is 2. The summed E-state index contributed by atoms with van der Waals surface area (Å²) in [6.45, 7) is 6.52. The quantitative estimate of drug-likeness (QED) is 0.0321. The standard InChI is InChI=1S/C64H123NO5/c1-4-7-10-13-16-19-22-25-28-31-32-33-36-39-42-45-48-51-54-57-64(69)70-60(55-52-49-46-43-40-37-34-29-26-23-20-17-14-11-8-5-2)58-63(68)65-61(59-66)62(67)56-53-50-47-44-41-38-35-30-27-24-21-18-15-12-9-6-3/h16,19,25,28,60-62,66-67H,4-15,17-18,20-24,26-27,29-59H2,1-3H3,(H,65,68)/b19-16-,28-25-. The molecule has 0 aliphatic heterocycles. The fraction of sp³-hybridized carbons (Fsp3) is 0.906. The molecule has 6 nitrogen and oxygen atoms in total. The van der Waals surface area contributed by atoms with Crippen molar-refractivity contribution in [3.63, 3.8) is 0 Å². The number of rotatable bonds is 58. The molecular weight excluding hydrogens is 863 g/mol. The summed E-state index contributed by atoms with van der Waals surface area (Å²) < 4.78 is 5.99. The van der Waals surface area contributed by atoms with E-state index in [9.17, 15) is 19.8 Å². The van der Waals surface area contributed by atoms with Gasteiger partial charge in [0.05, 0.1) is 25.2 Å². The number of unbranched alkanes of at least 4 members (excludes halogenated alkanes) is 42. The van der Waals surface area contributed by atoms with Gasteiger partial charge in [0.15, 0.2) is 0 Å². The molecule has 0 radical (unpaired) electrons. The Labute approximate surface area is 437 Å². The van der Waals surface area contributed by atoms with Crippen LogP contribution in [0, 0.1) is 0 Å². The minimum absolute atomic E-state index is 0.0829. The lowest BCUT2D eigenvalue weighted by molar-refractivity contribution is -0.151. The lowest BCUT2D eigenvalue weighted by atomic mass is 10.0. The highest BCUT2D eigenvalue weighted by molar-refractivity contribution is 5.77. The molecule has 0 saturated carbocycles. The second-order valence-electron chi connectivity index (χ2n) is 21.8. The van der Waals surface area contributed by atoms with Gasteiger partial charge in [-0.1, -0.05) is 302 Å². The third kappa shape index (κ3) is 52.7. The summed E-state index contributed by atoms with van der Waals surface area (Å²) in [7, 11) is 0. The SMILES string of the molecule is CCCCC/C=C\C/C=C\CCCCCCCCCCCC(=O)OC(CCCCCCCCCCCCCCCCCC)CC(=O)NC(CO)C(O)CCCCCCCCCCCCCCCCCC. The zero-order chi connectivity index (χ0) is 50.9. The van der Waals surface area contributed by atoms with Crippen molar-refractivity contribution in [1.29, 1.82) is 0 Å². The molecule has 0 aromatic carbocycles. The van der Waals surface area contributed by atoms with Crippen molar-refractivity contribution in [2.24, 2.45) is 0 Å². The fourth-order valence-corrected chi connectivity index (χ4v) is 9.99. The van der Waals surface area contributed by atoms with Crippen molar-refractivity contribution < 1.29 is 24.5 Å². The average Bonchev–Trinajstić information content (AvgIpc) is 3.35. The molecule has 3 atom stereocenters. The molecule has 0 fully saturated rings. The first-order valence-electron chi connectivity index (χ1n) is 31.6. The predicted octanol–water partition coefficient (Wildman–Crippen LogP) is 19.8. The Morgan fingerprint density at radius 1 is 0.414 bits per heavy atom. The maximum atomic E-state index is 13.3. The summed E-state index contributed by atoms with van der Waals surface area (Å²) in [5.41, 5.74) is 0. The summed E-state index contributed by atoms with van der Waals surface area (Å²) >= 11 is 0. The third-order valence-electron chi connectivity index (χ3n) is 14.8. The van der Waals surface area contributed by atoms with Gasteiger partial charge in [-0.3, -0.25) is 9.59 Å². The lowest BCUT2D eigenvalue weighted by Gasteiger charge is -2.24. The largest absolute Gasteiger partial charge is 0.462 e. The second kappa shape index (κ2) is 58.2. The molecule has 0 bridgehead atoms. The molecule has 3 unspecified atom stereocenters. The molecule has 0 spiro atoms. The zero-order valence-electron chi connectivity index (χ0n) is 47.4. The Bertz CT molecular complexity index is 1110. The lowest BCUT2D eigenvalue weighted by Crippen LogP contribution is -2.46. The number of allylic oxidation sites excluding steroid dienone is 4. The summed E-state index contributed by atoms with van der Waals surface area (Å²) in [6.07, 6.45) is 69.6. The van der Waals surface area contributed by atoms with Crippen LogP contribution in [0.5, 0.6) is 0 Å². The van der Waals surface area contributed by atoms with Crippen LogP contribution in [-0.4, -0.2) is 46.9 Å². The average molecular weight is 987 g/mol. The van der Waals surface area contributed by atoms with E-state index in [1.54, 1.807) is 0 Å².